The summed E-state index contributed by atoms with van der Waals surface area (Å²) in [6, 6.07) is 9.15. The molecule has 0 aliphatic heterocycles. The van der Waals surface area contributed by atoms with E-state index in [0.29, 0.717) is 28.8 Å². The fourth-order valence-electron chi connectivity index (χ4n) is 4.47. The molecule has 4 aromatic heterocycles. The van der Waals surface area contributed by atoms with Crippen LogP contribution in [0.2, 0.25) is 0 Å². The highest BCUT2D eigenvalue weighted by atomic mass is 19.4. The Morgan fingerprint density at radius 1 is 1.15 bits per heavy atom. The van der Waals surface area contributed by atoms with Crippen LogP contribution in [-0.4, -0.2) is 41.6 Å². The molecule has 1 saturated carbocycles. The standard InChI is InChI=1S/C27H23F4N7O2/c1-13(2)38-21(11-23(35-38)27(29,30)31)15-6-7-37-22(9-15)18(12-32-37)25(39)33-20-8-16(5-4-14(20)3)24-34-26(40-36-24)17-10-19(17)28/h4-9,11-13,17,19H,10H2,1-3H3,(H,33,39)/t17-,19-/m0/s1. The molecule has 0 radical (unpaired) electrons. The van der Waals surface area contributed by atoms with E-state index in [0.717, 1.165) is 11.6 Å². The van der Waals surface area contributed by atoms with Crippen LogP contribution in [0.4, 0.5) is 23.2 Å². The van der Waals surface area contributed by atoms with E-state index in [1.807, 2.05) is 6.92 Å². The number of aromatic nitrogens is 6. The monoisotopic (exact) mass is 553 g/mol. The van der Waals surface area contributed by atoms with Crippen LogP contribution in [0.25, 0.3) is 28.2 Å². The minimum atomic E-state index is -4.59. The Kier molecular flexibility index (Phi) is 5.97. The molecule has 0 saturated heterocycles. The molecule has 0 unspecified atom stereocenters. The van der Waals surface area contributed by atoms with Crippen LogP contribution in [-0.2, 0) is 6.18 Å². The molecular formula is C27H23F4N7O2. The first kappa shape index (κ1) is 25.7. The van der Waals surface area contributed by atoms with Gasteiger partial charge in [0.25, 0.3) is 5.91 Å². The second-order valence-corrected chi connectivity index (χ2v) is 10.1. The van der Waals surface area contributed by atoms with E-state index in [-0.39, 0.29) is 34.9 Å². The lowest BCUT2D eigenvalue weighted by molar-refractivity contribution is -0.141. The molecule has 1 N–H and O–H groups in total. The predicted octanol–water partition coefficient (Wildman–Crippen LogP) is 6.23. The lowest BCUT2D eigenvalue weighted by atomic mass is 10.1. The van der Waals surface area contributed by atoms with Gasteiger partial charge >= 0.3 is 6.18 Å². The molecule has 40 heavy (non-hydrogen) atoms. The van der Waals surface area contributed by atoms with Gasteiger partial charge in [-0.25, -0.2) is 8.91 Å². The second kappa shape index (κ2) is 9.28. The molecule has 1 aliphatic rings. The Hall–Kier alpha value is -4.55. The molecule has 9 nitrogen and oxygen atoms in total. The number of alkyl halides is 4. The summed E-state index contributed by atoms with van der Waals surface area (Å²) in [6.07, 6.45) is -2.23. The minimum Gasteiger partial charge on any atom is -0.339 e. The van der Waals surface area contributed by atoms with Crippen molar-refractivity contribution in [1.29, 1.82) is 0 Å². The summed E-state index contributed by atoms with van der Waals surface area (Å²) in [5.74, 6) is -0.305. The zero-order valence-corrected chi connectivity index (χ0v) is 21.6. The highest BCUT2D eigenvalue weighted by Crippen LogP contribution is 2.43. The number of nitrogens with zero attached hydrogens (tertiary/aromatic N) is 6. The van der Waals surface area contributed by atoms with Crippen LogP contribution >= 0.6 is 0 Å². The number of hydrogen-bond acceptors (Lipinski definition) is 6. The van der Waals surface area contributed by atoms with Gasteiger partial charge in [0.15, 0.2) is 5.69 Å². The van der Waals surface area contributed by atoms with E-state index in [2.05, 4.69) is 25.7 Å². The zero-order chi connectivity index (χ0) is 28.3. The number of halogens is 4. The van der Waals surface area contributed by atoms with Crippen molar-refractivity contribution in [2.24, 2.45) is 0 Å². The molecule has 2 atom stereocenters. The highest BCUT2D eigenvalue weighted by molar-refractivity contribution is 6.09. The van der Waals surface area contributed by atoms with E-state index in [9.17, 15) is 22.4 Å². The number of rotatable bonds is 6. The highest BCUT2D eigenvalue weighted by Gasteiger charge is 2.43. The van der Waals surface area contributed by atoms with Crippen LogP contribution in [0.15, 0.2) is 53.3 Å². The number of hydrogen-bond donors (Lipinski definition) is 1. The van der Waals surface area contributed by atoms with Crippen molar-refractivity contribution in [2.75, 3.05) is 5.32 Å². The Bertz CT molecular complexity index is 1750. The first-order valence-corrected chi connectivity index (χ1v) is 12.5. The maximum absolute atomic E-state index is 13.4. The Morgan fingerprint density at radius 3 is 2.62 bits per heavy atom. The number of anilines is 1. The van der Waals surface area contributed by atoms with Crippen molar-refractivity contribution < 1.29 is 26.9 Å². The molecule has 206 valence electrons. The third kappa shape index (κ3) is 4.61. The summed E-state index contributed by atoms with van der Waals surface area (Å²) in [6.45, 7) is 5.29. The van der Waals surface area contributed by atoms with Crippen molar-refractivity contribution in [1.82, 2.24) is 29.5 Å². The number of benzene rings is 1. The van der Waals surface area contributed by atoms with Gasteiger partial charge in [-0.2, -0.15) is 28.4 Å². The van der Waals surface area contributed by atoms with Gasteiger partial charge in [-0.15, -0.1) is 0 Å². The number of pyridine rings is 1. The molecule has 0 spiro atoms. The van der Waals surface area contributed by atoms with Crippen LogP contribution in [0.1, 0.15) is 59.7 Å². The van der Waals surface area contributed by atoms with Crippen molar-refractivity contribution in [2.45, 2.75) is 51.5 Å². The summed E-state index contributed by atoms with van der Waals surface area (Å²) in [4.78, 5) is 17.7. The zero-order valence-electron chi connectivity index (χ0n) is 21.6. The quantitative estimate of drug-likeness (QED) is 0.250. The first-order chi connectivity index (χ1) is 19.0. The second-order valence-electron chi connectivity index (χ2n) is 10.1. The van der Waals surface area contributed by atoms with Crippen molar-refractivity contribution >= 4 is 17.1 Å². The Morgan fingerprint density at radius 2 is 1.93 bits per heavy atom. The van der Waals surface area contributed by atoms with Gasteiger partial charge in [-0.1, -0.05) is 17.3 Å². The number of carbonyl (C=O) groups excluding carboxylic acids is 1. The number of carbonyl (C=O) groups is 1. The molecule has 1 aromatic carbocycles. The molecule has 13 heteroatoms. The summed E-state index contributed by atoms with van der Waals surface area (Å²) < 4.78 is 61.5. The number of amides is 1. The van der Waals surface area contributed by atoms with E-state index in [1.54, 1.807) is 50.4 Å². The van der Waals surface area contributed by atoms with Gasteiger partial charge in [0.2, 0.25) is 11.7 Å². The molecule has 4 heterocycles. The average molecular weight is 554 g/mol. The molecule has 1 fully saturated rings. The van der Waals surface area contributed by atoms with E-state index in [1.165, 1.54) is 15.4 Å². The normalized spacial score (nSPS) is 17.1. The minimum absolute atomic E-state index is 0.225. The summed E-state index contributed by atoms with van der Waals surface area (Å²) >= 11 is 0. The lowest BCUT2D eigenvalue weighted by Crippen LogP contribution is -2.13. The van der Waals surface area contributed by atoms with E-state index in [4.69, 9.17) is 4.52 Å². The Balaban J connectivity index is 1.31. The largest absolute Gasteiger partial charge is 0.435 e. The topological polar surface area (TPSA) is 103 Å². The fraction of sp³-hybridized carbons (Fsp3) is 0.296. The predicted molar refractivity (Wildman–Crippen MR) is 136 cm³/mol. The number of nitrogens with one attached hydrogen (secondary N) is 1. The van der Waals surface area contributed by atoms with Gasteiger partial charge in [-0.05, 0) is 57.0 Å². The van der Waals surface area contributed by atoms with Crippen LogP contribution in [0.5, 0.6) is 0 Å². The smallest absolute Gasteiger partial charge is 0.339 e. The summed E-state index contributed by atoms with van der Waals surface area (Å²) in [5, 5.41) is 14.8. The lowest BCUT2D eigenvalue weighted by Gasteiger charge is -2.12. The fourth-order valence-corrected chi connectivity index (χ4v) is 4.47. The molecule has 0 bridgehead atoms. The van der Waals surface area contributed by atoms with Crippen molar-refractivity contribution in [3.63, 3.8) is 0 Å². The molecule has 5 aromatic rings. The van der Waals surface area contributed by atoms with Crippen LogP contribution in [0.3, 0.4) is 0 Å². The van der Waals surface area contributed by atoms with Crippen molar-refractivity contribution in [3.8, 4) is 22.6 Å². The van der Waals surface area contributed by atoms with Crippen LogP contribution < -0.4 is 5.32 Å². The van der Waals surface area contributed by atoms with Gasteiger partial charge in [0.05, 0.1) is 28.9 Å². The SMILES string of the molecule is Cc1ccc(-c2noc([C@H]3C[C@@H]3F)n2)cc1NC(=O)c1cnn2ccc(-c3cc(C(F)(F)F)nn3C(C)C)cc12. The molecule has 6 rings (SSSR count). The maximum Gasteiger partial charge on any atom is 0.435 e. The Labute approximate surface area is 224 Å². The van der Waals surface area contributed by atoms with Crippen LogP contribution in [0, 0.1) is 6.92 Å². The van der Waals surface area contributed by atoms with Crippen molar-refractivity contribution in [3.05, 3.63) is 71.5 Å². The molecule has 1 amide bonds. The van der Waals surface area contributed by atoms with Gasteiger partial charge in [0.1, 0.15) is 6.17 Å². The average Bonchev–Trinajstić information content (AvgIpc) is 3.34. The molecular weight excluding hydrogens is 530 g/mol. The van der Waals surface area contributed by atoms with E-state index < -0.39 is 23.9 Å². The van der Waals surface area contributed by atoms with Gasteiger partial charge in [-0.3, -0.25) is 9.48 Å². The number of aryl methyl sites for hydroxylation is 1. The van der Waals surface area contributed by atoms with E-state index >= 15 is 0 Å². The third-order valence-corrected chi connectivity index (χ3v) is 6.79. The first-order valence-electron chi connectivity index (χ1n) is 12.5. The number of fused-ring (bicyclic) bond motifs is 1. The summed E-state index contributed by atoms with van der Waals surface area (Å²) in [7, 11) is 0. The third-order valence-electron chi connectivity index (χ3n) is 6.79. The maximum atomic E-state index is 13.4. The summed E-state index contributed by atoms with van der Waals surface area (Å²) in [5.41, 5.74) is 2.20. The molecule has 1 aliphatic carbocycles. The van der Waals surface area contributed by atoms with Gasteiger partial charge < -0.3 is 9.84 Å². The van der Waals surface area contributed by atoms with Gasteiger partial charge in [0, 0.05) is 29.1 Å².